The SMILES string of the molecule is Cc1ccc2ncnc(NCCc3ccc(F)cc3)c2c1. The first-order valence-electron chi connectivity index (χ1n) is 6.92. The van der Waals surface area contributed by atoms with Gasteiger partial charge in [0, 0.05) is 11.9 Å². The fraction of sp³-hybridized carbons (Fsp3) is 0.176. The molecule has 0 spiro atoms. The lowest BCUT2D eigenvalue weighted by Crippen LogP contribution is -2.07. The van der Waals surface area contributed by atoms with Crippen molar-refractivity contribution >= 4 is 16.7 Å². The van der Waals surface area contributed by atoms with Crippen LogP contribution in [0.2, 0.25) is 0 Å². The molecule has 3 aromatic rings. The van der Waals surface area contributed by atoms with E-state index in [0.29, 0.717) is 0 Å². The Kier molecular flexibility index (Phi) is 3.77. The maximum atomic E-state index is 12.9. The first kappa shape index (κ1) is 13.5. The molecule has 0 unspecified atom stereocenters. The fourth-order valence-corrected chi connectivity index (χ4v) is 2.29. The van der Waals surface area contributed by atoms with Crippen LogP contribution in [0.15, 0.2) is 48.8 Å². The average Bonchev–Trinajstić information content (AvgIpc) is 2.50. The lowest BCUT2D eigenvalue weighted by atomic mass is 10.1. The summed E-state index contributed by atoms with van der Waals surface area (Å²) in [4.78, 5) is 8.58. The number of halogens is 1. The number of anilines is 1. The van der Waals surface area contributed by atoms with Crippen LogP contribution in [0.4, 0.5) is 10.2 Å². The molecule has 0 bridgehead atoms. The second-order valence-electron chi connectivity index (χ2n) is 5.05. The van der Waals surface area contributed by atoms with Crippen LogP contribution in [0.25, 0.3) is 10.9 Å². The molecule has 0 aliphatic carbocycles. The highest BCUT2D eigenvalue weighted by molar-refractivity contribution is 5.89. The Hall–Kier alpha value is -2.49. The maximum Gasteiger partial charge on any atom is 0.137 e. The van der Waals surface area contributed by atoms with Crippen molar-refractivity contribution in [3.63, 3.8) is 0 Å². The van der Waals surface area contributed by atoms with E-state index in [9.17, 15) is 4.39 Å². The molecule has 0 amide bonds. The summed E-state index contributed by atoms with van der Waals surface area (Å²) in [5.74, 6) is 0.634. The first-order chi connectivity index (χ1) is 10.2. The van der Waals surface area contributed by atoms with Crippen LogP contribution in [0.5, 0.6) is 0 Å². The minimum Gasteiger partial charge on any atom is -0.369 e. The summed E-state index contributed by atoms with van der Waals surface area (Å²) in [6, 6.07) is 12.7. The largest absolute Gasteiger partial charge is 0.369 e. The van der Waals surface area contributed by atoms with E-state index >= 15 is 0 Å². The van der Waals surface area contributed by atoms with Gasteiger partial charge in [-0.15, -0.1) is 0 Å². The third-order valence-electron chi connectivity index (χ3n) is 3.41. The standard InChI is InChI=1S/C17H16FN3/c1-12-2-7-16-15(10-12)17(21-11-20-16)19-9-8-13-3-5-14(18)6-4-13/h2-7,10-11H,8-9H2,1H3,(H,19,20,21). The van der Waals surface area contributed by atoms with Crippen LogP contribution in [0.1, 0.15) is 11.1 Å². The number of rotatable bonds is 4. The lowest BCUT2D eigenvalue weighted by molar-refractivity contribution is 0.627. The molecule has 0 aliphatic rings. The van der Waals surface area contributed by atoms with E-state index in [0.717, 1.165) is 35.2 Å². The van der Waals surface area contributed by atoms with Gasteiger partial charge >= 0.3 is 0 Å². The molecule has 0 saturated carbocycles. The molecule has 0 aliphatic heterocycles. The minimum absolute atomic E-state index is 0.205. The number of fused-ring (bicyclic) bond motifs is 1. The molecule has 4 heteroatoms. The quantitative estimate of drug-likeness (QED) is 0.791. The van der Waals surface area contributed by atoms with Crippen molar-refractivity contribution in [1.82, 2.24) is 9.97 Å². The minimum atomic E-state index is -0.205. The fourth-order valence-electron chi connectivity index (χ4n) is 2.29. The maximum absolute atomic E-state index is 12.9. The van der Waals surface area contributed by atoms with Crippen LogP contribution in [-0.2, 0) is 6.42 Å². The van der Waals surface area contributed by atoms with Gasteiger partial charge in [-0.25, -0.2) is 14.4 Å². The molecule has 0 fully saturated rings. The third kappa shape index (κ3) is 3.16. The van der Waals surface area contributed by atoms with E-state index in [1.807, 2.05) is 12.1 Å². The van der Waals surface area contributed by atoms with Crippen molar-refractivity contribution in [3.8, 4) is 0 Å². The topological polar surface area (TPSA) is 37.8 Å². The predicted molar refractivity (Wildman–Crippen MR) is 82.9 cm³/mol. The van der Waals surface area contributed by atoms with Crippen LogP contribution in [0.3, 0.4) is 0 Å². The second-order valence-corrected chi connectivity index (χ2v) is 5.05. The van der Waals surface area contributed by atoms with Crippen molar-refractivity contribution in [2.24, 2.45) is 0 Å². The number of aryl methyl sites for hydroxylation is 1. The number of aromatic nitrogens is 2. The summed E-state index contributed by atoms with van der Waals surface area (Å²) in [7, 11) is 0. The highest BCUT2D eigenvalue weighted by Crippen LogP contribution is 2.20. The molecule has 106 valence electrons. The first-order valence-corrected chi connectivity index (χ1v) is 6.92. The highest BCUT2D eigenvalue weighted by Gasteiger charge is 2.03. The van der Waals surface area contributed by atoms with Gasteiger partial charge in [-0.3, -0.25) is 0 Å². The van der Waals surface area contributed by atoms with Crippen LogP contribution < -0.4 is 5.32 Å². The van der Waals surface area contributed by atoms with Gasteiger partial charge in [0.1, 0.15) is 18.0 Å². The van der Waals surface area contributed by atoms with Crippen LogP contribution in [0, 0.1) is 12.7 Å². The molecule has 1 N–H and O–H groups in total. The number of hydrogen-bond acceptors (Lipinski definition) is 3. The average molecular weight is 281 g/mol. The molecule has 0 saturated heterocycles. The summed E-state index contributed by atoms with van der Waals surface area (Å²) < 4.78 is 12.9. The van der Waals surface area contributed by atoms with Gasteiger partial charge in [0.15, 0.2) is 0 Å². The van der Waals surface area contributed by atoms with E-state index in [2.05, 4.69) is 28.3 Å². The third-order valence-corrected chi connectivity index (χ3v) is 3.41. The number of nitrogens with zero attached hydrogens (tertiary/aromatic N) is 2. The summed E-state index contributed by atoms with van der Waals surface area (Å²) in [6.45, 7) is 2.79. The molecule has 3 rings (SSSR count). The van der Waals surface area contributed by atoms with Gasteiger partial charge in [-0.05, 0) is 43.2 Å². The summed E-state index contributed by atoms with van der Waals surface area (Å²) >= 11 is 0. The summed E-state index contributed by atoms with van der Waals surface area (Å²) in [5.41, 5.74) is 3.21. The van der Waals surface area contributed by atoms with E-state index < -0.39 is 0 Å². The van der Waals surface area contributed by atoms with E-state index in [-0.39, 0.29) is 5.82 Å². The van der Waals surface area contributed by atoms with Gasteiger partial charge in [-0.2, -0.15) is 0 Å². The van der Waals surface area contributed by atoms with Crippen molar-refractivity contribution in [2.45, 2.75) is 13.3 Å². The smallest absolute Gasteiger partial charge is 0.137 e. The number of benzene rings is 2. The zero-order chi connectivity index (χ0) is 14.7. The molecule has 0 radical (unpaired) electrons. The van der Waals surface area contributed by atoms with Gasteiger partial charge in [0.2, 0.25) is 0 Å². The predicted octanol–water partition coefficient (Wildman–Crippen LogP) is 3.73. The van der Waals surface area contributed by atoms with Crippen LogP contribution in [-0.4, -0.2) is 16.5 Å². The molecular formula is C17H16FN3. The van der Waals surface area contributed by atoms with Crippen molar-refractivity contribution < 1.29 is 4.39 Å². The summed E-state index contributed by atoms with van der Waals surface area (Å²) in [6.07, 6.45) is 2.38. The van der Waals surface area contributed by atoms with E-state index in [4.69, 9.17) is 0 Å². The van der Waals surface area contributed by atoms with Crippen molar-refractivity contribution in [1.29, 1.82) is 0 Å². The lowest BCUT2D eigenvalue weighted by Gasteiger charge is -2.09. The second kappa shape index (κ2) is 5.87. The summed E-state index contributed by atoms with van der Waals surface area (Å²) in [5, 5.41) is 4.36. The normalized spacial score (nSPS) is 10.8. The Morgan fingerprint density at radius 1 is 1.05 bits per heavy atom. The highest BCUT2D eigenvalue weighted by atomic mass is 19.1. The Morgan fingerprint density at radius 2 is 1.86 bits per heavy atom. The Labute approximate surface area is 122 Å². The number of nitrogens with one attached hydrogen (secondary N) is 1. The van der Waals surface area contributed by atoms with Gasteiger partial charge in [0.05, 0.1) is 5.52 Å². The zero-order valence-corrected chi connectivity index (χ0v) is 11.8. The molecule has 3 nitrogen and oxygen atoms in total. The monoisotopic (exact) mass is 281 g/mol. The zero-order valence-electron chi connectivity index (χ0n) is 11.8. The molecule has 21 heavy (non-hydrogen) atoms. The van der Waals surface area contributed by atoms with Crippen molar-refractivity contribution in [3.05, 3.63) is 65.7 Å². The van der Waals surface area contributed by atoms with E-state index in [1.54, 1.807) is 18.5 Å². The Morgan fingerprint density at radius 3 is 2.67 bits per heavy atom. The van der Waals surface area contributed by atoms with E-state index in [1.165, 1.54) is 17.7 Å². The molecular weight excluding hydrogens is 265 g/mol. The Bertz CT molecular complexity index is 754. The molecule has 2 aromatic carbocycles. The molecule has 1 heterocycles. The van der Waals surface area contributed by atoms with Crippen LogP contribution >= 0.6 is 0 Å². The van der Waals surface area contributed by atoms with Gasteiger partial charge in [0.25, 0.3) is 0 Å². The van der Waals surface area contributed by atoms with Gasteiger partial charge < -0.3 is 5.32 Å². The Balaban J connectivity index is 1.73. The van der Waals surface area contributed by atoms with Gasteiger partial charge in [-0.1, -0.05) is 23.8 Å². The number of hydrogen-bond donors (Lipinski definition) is 1. The van der Waals surface area contributed by atoms with Crippen molar-refractivity contribution in [2.75, 3.05) is 11.9 Å². The molecule has 1 aromatic heterocycles. The molecule has 0 atom stereocenters.